The second kappa shape index (κ2) is 6.27. The van der Waals surface area contributed by atoms with E-state index in [1.54, 1.807) is 0 Å². The molecule has 0 fully saturated rings. The van der Waals surface area contributed by atoms with E-state index in [1.165, 1.54) is 14.0 Å². The van der Waals surface area contributed by atoms with Gasteiger partial charge in [0.15, 0.2) is 9.84 Å². The maximum atomic E-state index is 12.1. The molecule has 0 spiro atoms. The van der Waals surface area contributed by atoms with Gasteiger partial charge in [-0.15, -0.1) is 11.3 Å². The first-order valence-electron chi connectivity index (χ1n) is 5.99. The van der Waals surface area contributed by atoms with Gasteiger partial charge in [-0.25, -0.2) is 8.42 Å². The predicted molar refractivity (Wildman–Crippen MR) is 83.2 cm³/mol. The monoisotopic (exact) mass is 317 g/mol. The summed E-state index contributed by atoms with van der Waals surface area (Å²) in [5.41, 5.74) is 6.70. The van der Waals surface area contributed by atoms with E-state index in [4.69, 9.17) is 5.73 Å². The maximum Gasteiger partial charge on any atom is 0.263 e. The van der Waals surface area contributed by atoms with E-state index in [1.807, 2.05) is 6.92 Å². The smallest absolute Gasteiger partial charge is 0.263 e. The molecule has 0 saturated carbocycles. The first-order chi connectivity index (χ1) is 9.24. The second-order valence-electron chi connectivity index (χ2n) is 4.30. The molecule has 0 radical (unpaired) electrons. The molecule has 1 aromatic rings. The minimum absolute atomic E-state index is 0.000385. The van der Waals surface area contributed by atoms with Gasteiger partial charge in [0.2, 0.25) is 0 Å². The van der Waals surface area contributed by atoms with E-state index in [0.29, 0.717) is 11.5 Å². The lowest BCUT2D eigenvalue weighted by atomic mass is 10.3. The van der Waals surface area contributed by atoms with Gasteiger partial charge in [0.25, 0.3) is 5.91 Å². The van der Waals surface area contributed by atoms with Crippen molar-refractivity contribution in [3.63, 3.8) is 0 Å². The molecule has 6 nitrogen and oxygen atoms in total. The highest BCUT2D eigenvalue weighted by molar-refractivity contribution is 7.91. The summed E-state index contributed by atoms with van der Waals surface area (Å²) in [4.78, 5) is 11.9. The Morgan fingerprint density at radius 3 is 2.50 bits per heavy atom. The van der Waals surface area contributed by atoms with Crippen LogP contribution in [-0.2, 0) is 9.84 Å². The molecule has 0 aromatic carbocycles. The van der Waals surface area contributed by atoms with Gasteiger partial charge in [-0.3, -0.25) is 4.79 Å². The number of carbonyl (C=O) groups excluding carboxylic acids is 1. The molecule has 0 aliphatic rings. The lowest BCUT2D eigenvalue weighted by Crippen LogP contribution is -2.18. The van der Waals surface area contributed by atoms with Crippen LogP contribution in [0.25, 0.3) is 0 Å². The number of nitrogen functional groups attached to an aromatic ring is 1. The van der Waals surface area contributed by atoms with E-state index in [0.717, 1.165) is 16.9 Å². The second-order valence-corrected chi connectivity index (χ2v) is 7.53. The van der Waals surface area contributed by atoms with Crippen LogP contribution in [0.4, 0.5) is 10.7 Å². The van der Waals surface area contributed by atoms with Gasteiger partial charge in [0.05, 0.1) is 11.4 Å². The highest BCUT2D eigenvalue weighted by Crippen LogP contribution is 2.39. The van der Waals surface area contributed by atoms with Crippen molar-refractivity contribution in [1.82, 2.24) is 5.32 Å². The highest BCUT2D eigenvalue weighted by atomic mass is 32.2. The van der Waals surface area contributed by atoms with Crippen molar-refractivity contribution < 1.29 is 13.2 Å². The maximum absolute atomic E-state index is 12.1. The van der Waals surface area contributed by atoms with Crippen LogP contribution in [0.5, 0.6) is 0 Å². The first-order valence-corrected chi connectivity index (χ1v) is 8.46. The lowest BCUT2D eigenvalue weighted by molar-refractivity contribution is 0.0968. The van der Waals surface area contributed by atoms with Crippen LogP contribution < -0.4 is 16.4 Å². The van der Waals surface area contributed by atoms with Crippen molar-refractivity contribution in [2.24, 2.45) is 0 Å². The van der Waals surface area contributed by atoms with Gasteiger partial charge in [-0.05, 0) is 6.92 Å². The summed E-state index contributed by atoms with van der Waals surface area (Å²) >= 11 is 1.03. The SMILES string of the molecule is C=C(C)CNc1sc(C(=O)NC)c(N)c1S(=O)(=O)CC. The van der Waals surface area contributed by atoms with Gasteiger partial charge in [0, 0.05) is 13.6 Å². The molecule has 1 heterocycles. The minimum Gasteiger partial charge on any atom is -0.396 e. The topological polar surface area (TPSA) is 101 Å². The molecule has 20 heavy (non-hydrogen) atoms. The molecule has 0 bridgehead atoms. The molecule has 1 amide bonds. The number of thiophene rings is 1. The molecular formula is C12H19N3O3S2. The summed E-state index contributed by atoms with van der Waals surface area (Å²) < 4.78 is 24.3. The number of hydrogen-bond acceptors (Lipinski definition) is 6. The summed E-state index contributed by atoms with van der Waals surface area (Å²) in [6.45, 7) is 7.51. The molecule has 1 rings (SSSR count). The van der Waals surface area contributed by atoms with Crippen molar-refractivity contribution in [3.05, 3.63) is 17.0 Å². The van der Waals surface area contributed by atoms with Gasteiger partial charge in [-0.1, -0.05) is 19.1 Å². The Hall–Kier alpha value is -1.54. The zero-order chi connectivity index (χ0) is 15.5. The molecule has 0 aliphatic carbocycles. The number of anilines is 2. The van der Waals surface area contributed by atoms with Crippen LogP contribution in [0.2, 0.25) is 0 Å². The van der Waals surface area contributed by atoms with Crippen LogP contribution >= 0.6 is 11.3 Å². The molecule has 0 atom stereocenters. The molecule has 8 heteroatoms. The Kier molecular flexibility index (Phi) is 5.18. The summed E-state index contributed by atoms with van der Waals surface area (Å²) in [7, 11) is -2.05. The predicted octanol–water partition coefficient (Wildman–Crippen LogP) is 1.47. The van der Waals surface area contributed by atoms with Crippen molar-refractivity contribution in [2.45, 2.75) is 18.7 Å². The van der Waals surface area contributed by atoms with Gasteiger partial charge < -0.3 is 16.4 Å². The van der Waals surface area contributed by atoms with Crippen LogP contribution in [0, 0.1) is 0 Å². The van der Waals surface area contributed by atoms with Crippen LogP contribution in [-0.4, -0.2) is 33.7 Å². The van der Waals surface area contributed by atoms with E-state index in [-0.39, 0.29) is 21.2 Å². The molecule has 0 aliphatic heterocycles. The van der Waals surface area contributed by atoms with Crippen molar-refractivity contribution in [3.8, 4) is 0 Å². The largest absolute Gasteiger partial charge is 0.396 e. The van der Waals surface area contributed by atoms with Gasteiger partial charge >= 0.3 is 0 Å². The molecule has 0 unspecified atom stereocenters. The molecule has 4 N–H and O–H groups in total. The highest BCUT2D eigenvalue weighted by Gasteiger charge is 2.28. The number of nitrogens with two attached hydrogens (primary N) is 1. The van der Waals surface area contributed by atoms with Crippen molar-refractivity contribution in [1.29, 1.82) is 0 Å². The Morgan fingerprint density at radius 1 is 1.45 bits per heavy atom. The Bertz CT molecular complexity index is 633. The van der Waals surface area contributed by atoms with Crippen LogP contribution in [0.15, 0.2) is 17.0 Å². The molecule has 0 saturated heterocycles. The van der Waals surface area contributed by atoms with Crippen molar-refractivity contribution >= 4 is 37.8 Å². The first kappa shape index (κ1) is 16.5. The third-order valence-corrected chi connectivity index (χ3v) is 5.67. The van der Waals surface area contributed by atoms with Crippen LogP contribution in [0.3, 0.4) is 0 Å². The summed E-state index contributed by atoms with van der Waals surface area (Å²) in [6, 6.07) is 0. The van der Waals surface area contributed by atoms with E-state index < -0.39 is 15.7 Å². The zero-order valence-corrected chi connectivity index (χ0v) is 13.4. The number of carbonyl (C=O) groups is 1. The third kappa shape index (κ3) is 3.31. The Labute approximate surface area is 123 Å². The fourth-order valence-electron chi connectivity index (χ4n) is 1.51. The van der Waals surface area contributed by atoms with Crippen LogP contribution in [0.1, 0.15) is 23.5 Å². The molecule has 112 valence electrons. The summed E-state index contributed by atoms with van der Waals surface area (Å²) in [5, 5.41) is 5.80. The number of amides is 1. The van der Waals surface area contributed by atoms with Gasteiger partial charge in [0.1, 0.15) is 14.8 Å². The van der Waals surface area contributed by atoms with Crippen molar-refractivity contribution in [2.75, 3.05) is 30.4 Å². The summed E-state index contributed by atoms with van der Waals surface area (Å²) in [5.74, 6) is -0.480. The van der Waals surface area contributed by atoms with E-state index >= 15 is 0 Å². The summed E-state index contributed by atoms with van der Waals surface area (Å²) in [6.07, 6.45) is 0. The fourth-order valence-corrected chi connectivity index (χ4v) is 4.12. The van der Waals surface area contributed by atoms with E-state index in [9.17, 15) is 13.2 Å². The normalized spacial score (nSPS) is 11.2. The van der Waals surface area contributed by atoms with Gasteiger partial charge in [-0.2, -0.15) is 0 Å². The van der Waals surface area contributed by atoms with E-state index in [2.05, 4.69) is 17.2 Å². The lowest BCUT2D eigenvalue weighted by Gasteiger charge is -2.07. The minimum atomic E-state index is -3.52. The number of sulfone groups is 1. The Balaban J connectivity index is 3.41. The average molecular weight is 317 g/mol. The number of hydrogen-bond donors (Lipinski definition) is 3. The molecule has 1 aromatic heterocycles. The fraction of sp³-hybridized carbons (Fsp3) is 0.417. The number of nitrogens with one attached hydrogen (secondary N) is 2. The molecular weight excluding hydrogens is 298 g/mol. The third-order valence-electron chi connectivity index (χ3n) is 2.57. The Morgan fingerprint density at radius 2 is 2.05 bits per heavy atom. The quantitative estimate of drug-likeness (QED) is 0.690. The average Bonchev–Trinajstić information content (AvgIpc) is 2.73. The zero-order valence-electron chi connectivity index (χ0n) is 11.7. The standard InChI is InChI=1S/C12H19N3O3S2/c1-5-20(17,18)10-8(13)9(11(16)14-4)19-12(10)15-6-7(2)3/h15H,2,5-6,13H2,1,3-4H3,(H,14,16). The number of rotatable bonds is 6.